The molecule has 124 valence electrons. The number of anilines is 1. The van der Waals surface area contributed by atoms with Crippen molar-refractivity contribution in [1.82, 2.24) is 9.97 Å². The maximum Gasteiger partial charge on any atom is 0.258 e. The molecule has 4 heteroatoms. The third-order valence-corrected chi connectivity index (χ3v) is 4.45. The fourth-order valence-corrected chi connectivity index (χ4v) is 2.82. The van der Waals surface area contributed by atoms with Gasteiger partial charge in [-0.15, -0.1) is 0 Å². The number of carbonyl (C=O) groups excluding carboxylic acids is 1. The number of hydrogen-bond acceptors (Lipinski definition) is 3. The fraction of sp³-hybridized carbons (Fsp3) is 0.190. The van der Waals surface area contributed by atoms with Gasteiger partial charge in [-0.3, -0.25) is 9.78 Å². The summed E-state index contributed by atoms with van der Waals surface area (Å²) < 4.78 is 0. The highest BCUT2D eigenvalue weighted by molar-refractivity contribution is 6.03. The van der Waals surface area contributed by atoms with Crippen molar-refractivity contribution >= 4 is 11.7 Å². The maximum atomic E-state index is 12.2. The first-order valence-corrected chi connectivity index (χ1v) is 8.49. The van der Waals surface area contributed by atoms with Crippen LogP contribution in [0, 0.1) is 6.92 Å². The topological polar surface area (TPSA) is 54.9 Å². The van der Waals surface area contributed by atoms with E-state index in [0.29, 0.717) is 11.4 Å². The van der Waals surface area contributed by atoms with Crippen LogP contribution in [0.15, 0.2) is 60.9 Å². The van der Waals surface area contributed by atoms with Gasteiger partial charge in [0.1, 0.15) is 5.82 Å². The highest BCUT2D eigenvalue weighted by atomic mass is 16.1. The number of nitrogens with zero attached hydrogens (tertiary/aromatic N) is 2. The van der Waals surface area contributed by atoms with E-state index in [4.69, 9.17) is 0 Å². The predicted octanol–water partition coefficient (Wildman–Crippen LogP) is 4.58. The van der Waals surface area contributed by atoms with Crippen LogP contribution in [0.2, 0.25) is 0 Å². The SMILES string of the molecule is Cc1ccc(C(=O)Nc2ccc(-c3cccc(C4CC4)c3)cn2)cn1. The Labute approximate surface area is 147 Å². The van der Waals surface area contributed by atoms with Gasteiger partial charge in [-0.1, -0.05) is 24.3 Å². The van der Waals surface area contributed by atoms with Crippen LogP contribution in [-0.4, -0.2) is 15.9 Å². The Kier molecular flexibility index (Phi) is 4.02. The summed E-state index contributed by atoms with van der Waals surface area (Å²) in [4.78, 5) is 20.7. The van der Waals surface area contributed by atoms with Crippen LogP contribution in [-0.2, 0) is 0 Å². The number of amides is 1. The molecule has 1 N–H and O–H groups in total. The minimum Gasteiger partial charge on any atom is -0.307 e. The van der Waals surface area contributed by atoms with Crippen LogP contribution >= 0.6 is 0 Å². The van der Waals surface area contributed by atoms with Crippen LogP contribution in [0.25, 0.3) is 11.1 Å². The first kappa shape index (κ1) is 15.5. The molecule has 0 aliphatic heterocycles. The highest BCUT2D eigenvalue weighted by Gasteiger charge is 2.23. The number of pyridine rings is 2. The maximum absolute atomic E-state index is 12.2. The monoisotopic (exact) mass is 329 g/mol. The molecule has 4 nitrogen and oxygen atoms in total. The molecule has 2 aromatic heterocycles. The summed E-state index contributed by atoms with van der Waals surface area (Å²) in [6.45, 7) is 1.89. The van der Waals surface area contributed by atoms with Crippen LogP contribution in [0.3, 0.4) is 0 Å². The first-order valence-electron chi connectivity index (χ1n) is 8.49. The standard InChI is InChI=1S/C21H19N3O/c1-14-5-6-19(13-22-14)21(25)24-20-10-9-18(12-23-20)17-4-2-3-16(11-17)15-7-8-15/h2-6,9-13,15H,7-8H2,1H3,(H,23,24,25). The molecule has 4 rings (SSSR count). The molecule has 0 radical (unpaired) electrons. The molecular formula is C21H19N3O. The van der Waals surface area contributed by atoms with Gasteiger partial charge in [0, 0.05) is 23.7 Å². The summed E-state index contributed by atoms with van der Waals surface area (Å²) >= 11 is 0. The quantitative estimate of drug-likeness (QED) is 0.762. The Hall–Kier alpha value is -3.01. The lowest BCUT2D eigenvalue weighted by molar-refractivity contribution is 0.102. The second kappa shape index (κ2) is 6.48. The van der Waals surface area contributed by atoms with E-state index in [-0.39, 0.29) is 5.91 Å². The Bertz CT molecular complexity index is 897. The zero-order valence-electron chi connectivity index (χ0n) is 14.1. The number of nitrogens with one attached hydrogen (secondary N) is 1. The highest BCUT2D eigenvalue weighted by Crippen LogP contribution is 2.41. The molecule has 0 unspecified atom stereocenters. The van der Waals surface area contributed by atoms with Gasteiger partial charge in [0.2, 0.25) is 0 Å². The van der Waals surface area contributed by atoms with Crippen LogP contribution in [0.1, 0.15) is 40.4 Å². The van der Waals surface area contributed by atoms with Crippen molar-refractivity contribution in [3.63, 3.8) is 0 Å². The molecule has 0 bridgehead atoms. The van der Waals surface area contributed by atoms with Crippen molar-refractivity contribution in [2.45, 2.75) is 25.7 Å². The average Bonchev–Trinajstić information content (AvgIpc) is 3.48. The van der Waals surface area contributed by atoms with Crippen molar-refractivity contribution in [3.8, 4) is 11.1 Å². The molecule has 1 aliphatic carbocycles. The summed E-state index contributed by atoms with van der Waals surface area (Å²) in [7, 11) is 0. The van der Waals surface area contributed by atoms with E-state index in [1.165, 1.54) is 18.4 Å². The lowest BCUT2D eigenvalue weighted by Gasteiger charge is -2.07. The third-order valence-electron chi connectivity index (χ3n) is 4.45. The van der Waals surface area contributed by atoms with E-state index in [0.717, 1.165) is 22.7 Å². The first-order chi connectivity index (χ1) is 12.2. The van der Waals surface area contributed by atoms with Crippen LogP contribution < -0.4 is 5.32 Å². The van der Waals surface area contributed by atoms with Crippen LogP contribution in [0.5, 0.6) is 0 Å². The van der Waals surface area contributed by atoms with Gasteiger partial charge in [0.25, 0.3) is 5.91 Å². The number of rotatable bonds is 4. The molecular weight excluding hydrogens is 310 g/mol. The number of benzene rings is 1. The molecule has 1 aliphatic rings. The van der Waals surface area contributed by atoms with Crippen molar-refractivity contribution in [2.24, 2.45) is 0 Å². The number of aryl methyl sites for hydroxylation is 1. The van der Waals surface area contributed by atoms with Gasteiger partial charge in [0.15, 0.2) is 0 Å². The predicted molar refractivity (Wildman–Crippen MR) is 98.6 cm³/mol. The molecule has 0 spiro atoms. The largest absolute Gasteiger partial charge is 0.307 e. The zero-order chi connectivity index (χ0) is 17.2. The van der Waals surface area contributed by atoms with Crippen molar-refractivity contribution in [2.75, 3.05) is 5.32 Å². The van der Waals surface area contributed by atoms with Crippen molar-refractivity contribution in [1.29, 1.82) is 0 Å². The molecule has 1 aromatic carbocycles. The minimum atomic E-state index is -0.205. The van der Waals surface area contributed by atoms with E-state index in [1.807, 2.05) is 25.1 Å². The summed E-state index contributed by atoms with van der Waals surface area (Å²) in [5.74, 6) is 1.06. The molecule has 3 aromatic rings. The zero-order valence-corrected chi connectivity index (χ0v) is 14.1. The second-order valence-corrected chi connectivity index (χ2v) is 6.47. The average molecular weight is 329 g/mol. The molecule has 0 saturated heterocycles. The van der Waals surface area contributed by atoms with Gasteiger partial charge in [0.05, 0.1) is 5.56 Å². The molecule has 1 fully saturated rings. The molecule has 2 heterocycles. The number of aromatic nitrogens is 2. The molecule has 1 saturated carbocycles. The minimum absolute atomic E-state index is 0.205. The summed E-state index contributed by atoms with van der Waals surface area (Å²) in [5, 5.41) is 2.81. The molecule has 1 amide bonds. The van der Waals surface area contributed by atoms with Crippen molar-refractivity contribution in [3.05, 3.63) is 77.7 Å². The third kappa shape index (κ3) is 3.58. The van der Waals surface area contributed by atoms with Crippen LogP contribution in [0.4, 0.5) is 5.82 Å². The van der Waals surface area contributed by atoms with Crippen molar-refractivity contribution < 1.29 is 4.79 Å². The molecule has 25 heavy (non-hydrogen) atoms. The molecule has 0 atom stereocenters. The van der Waals surface area contributed by atoms with Gasteiger partial charge in [-0.25, -0.2) is 4.98 Å². The Balaban J connectivity index is 1.49. The van der Waals surface area contributed by atoms with E-state index < -0.39 is 0 Å². The van der Waals surface area contributed by atoms with Gasteiger partial charge in [-0.2, -0.15) is 0 Å². The Morgan fingerprint density at radius 3 is 2.56 bits per heavy atom. The Morgan fingerprint density at radius 1 is 1.00 bits per heavy atom. The number of carbonyl (C=O) groups is 1. The van der Waals surface area contributed by atoms with E-state index in [1.54, 1.807) is 18.5 Å². The Morgan fingerprint density at radius 2 is 1.88 bits per heavy atom. The summed E-state index contributed by atoms with van der Waals surface area (Å²) in [6.07, 6.45) is 5.96. The summed E-state index contributed by atoms with van der Waals surface area (Å²) in [6, 6.07) is 16.0. The normalized spacial score (nSPS) is 13.5. The number of hydrogen-bond donors (Lipinski definition) is 1. The lowest BCUT2D eigenvalue weighted by Crippen LogP contribution is -2.13. The van der Waals surface area contributed by atoms with E-state index in [9.17, 15) is 4.79 Å². The van der Waals surface area contributed by atoms with Gasteiger partial charge in [-0.05, 0) is 61.1 Å². The second-order valence-electron chi connectivity index (χ2n) is 6.47. The van der Waals surface area contributed by atoms with Gasteiger partial charge < -0.3 is 5.32 Å². The fourth-order valence-electron chi connectivity index (χ4n) is 2.82. The van der Waals surface area contributed by atoms with E-state index >= 15 is 0 Å². The lowest BCUT2D eigenvalue weighted by atomic mass is 10.0. The van der Waals surface area contributed by atoms with E-state index in [2.05, 4.69) is 39.6 Å². The smallest absolute Gasteiger partial charge is 0.258 e. The summed E-state index contributed by atoms with van der Waals surface area (Å²) in [5.41, 5.74) is 5.03. The van der Waals surface area contributed by atoms with Gasteiger partial charge >= 0.3 is 0 Å².